The summed E-state index contributed by atoms with van der Waals surface area (Å²) in [6, 6.07) is 3.26. The van der Waals surface area contributed by atoms with Crippen molar-refractivity contribution >= 4 is 0 Å². The van der Waals surface area contributed by atoms with Crippen molar-refractivity contribution in [2.24, 2.45) is 0 Å². The topological polar surface area (TPSA) is 42.3 Å². The van der Waals surface area contributed by atoms with Gasteiger partial charge in [0.15, 0.2) is 0 Å². The molecule has 0 bridgehead atoms. The molecule has 4 nitrogen and oxygen atoms in total. The van der Waals surface area contributed by atoms with Crippen LogP contribution < -0.4 is 5.32 Å². The molecule has 2 rings (SSSR count). The highest BCUT2D eigenvalue weighted by Crippen LogP contribution is 2.27. The summed E-state index contributed by atoms with van der Waals surface area (Å²) in [5.74, 6) is 0. The lowest BCUT2D eigenvalue weighted by Crippen LogP contribution is -2.51. The van der Waals surface area contributed by atoms with Crippen LogP contribution in [0.2, 0.25) is 0 Å². The molecule has 1 saturated carbocycles. The molecule has 1 aliphatic heterocycles. The van der Waals surface area contributed by atoms with Crippen molar-refractivity contribution in [3.63, 3.8) is 0 Å². The van der Waals surface area contributed by atoms with Crippen molar-refractivity contribution in [1.82, 2.24) is 15.1 Å². The molecule has 1 aliphatic carbocycles. The molecule has 1 N–H and O–H groups in total. The van der Waals surface area contributed by atoms with Crippen LogP contribution in [-0.4, -0.2) is 61.2 Å². The number of nitrogens with one attached hydrogen (secondary N) is 1. The van der Waals surface area contributed by atoms with Crippen LogP contribution in [0.5, 0.6) is 0 Å². The summed E-state index contributed by atoms with van der Waals surface area (Å²) < 4.78 is 0. The summed E-state index contributed by atoms with van der Waals surface area (Å²) >= 11 is 0. The van der Waals surface area contributed by atoms with E-state index in [2.05, 4.69) is 28.1 Å². The lowest BCUT2D eigenvalue weighted by molar-refractivity contribution is 0.122. The molecule has 1 atom stereocenters. The van der Waals surface area contributed by atoms with Crippen molar-refractivity contribution < 1.29 is 0 Å². The molecule has 0 amide bonds. The molecule has 0 aromatic heterocycles. The molecule has 1 heterocycles. The van der Waals surface area contributed by atoms with Gasteiger partial charge >= 0.3 is 0 Å². The quantitative estimate of drug-likeness (QED) is 0.735. The largest absolute Gasteiger partial charge is 0.301 e. The van der Waals surface area contributed by atoms with Gasteiger partial charge in [-0.1, -0.05) is 6.92 Å². The van der Waals surface area contributed by atoms with Gasteiger partial charge in [-0.3, -0.25) is 9.80 Å². The van der Waals surface area contributed by atoms with Crippen molar-refractivity contribution in [2.75, 3.05) is 39.3 Å². The van der Waals surface area contributed by atoms with E-state index in [1.165, 1.54) is 25.9 Å². The molecule has 4 heteroatoms. The van der Waals surface area contributed by atoms with Crippen molar-refractivity contribution in [3.8, 4) is 6.07 Å². The van der Waals surface area contributed by atoms with Crippen LogP contribution >= 0.6 is 0 Å². The van der Waals surface area contributed by atoms with Crippen LogP contribution in [0.3, 0.4) is 0 Å². The molecular weight excluding hydrogens is 212 g/mol. The van der Waals surface area contributed by atoms with E-state index >= 15 is 0 Å². The number of rotatable bonds is 6. The van der Waals surface area contributed by atoms with Gasteiger partial charge in [0.1, 0.15) is 6.04 Å². The van der Waals surface area contributed by atoms with Crippen molar-refractivity contribution in [1.29, 1.82) is 5.26 Å². The van der Waals surface area contributed by atoms with E-state index in [1.807, 2.05) is 0 Å². The van der Waals surface area contributed by atoms with Crippen LogP contribution in [0.4, 0.5) is 0 Å². The maximum atomic E-state index is 9.08. The van der Waals surface area contributed by atoms with E-state index in [4.69, 9.17) is 5.26 Å². The summed E-state index contributed by atoms with van der Waals surface area (Å²) in [6.45, 7) is 8.60. The standard InChI is InChI=1S/C13H24N4/c1-2-5-15-12(10-14)11-16-6-8-17(9-7-16)13-3-4-13/h12-13,15H,2-9,11H2,1H3. The fourth-order valence-electron chi connectivity index (χ4n) is 2.48. The first-order valence-corrected chi connectivity index (χ1v) is 6.93. The Morgan fingerprint density at radius 1 is 1.29 bits per heavy atom. The average Bonchev–Trinajstić information content (AvgIpc) is 3.19. The van der Waals surface area contributed by atoms with Gasteiger partial charge in [0.25, 0.3) is 0 Å². The molecule has 17 heavy (non-hydrogen) atoms. The average molecular weight is 236 g/mol. The third-order valence-corrected chi connectivity index (χ3v) is 3.71. The van der Waals surface area contributed by atoms with E-state index in [1.54, 1.807) is 0 Å². The molecule has 0 radical (unpaired) electrons. The highest BCUT2D eigenvalue weighted by atomic mass is 15.3. The molecule has 0 spiro atoms. The number of nitrogens with zero attached hydrogens (tertiary/aromatic N) is 3. The van der Waals surface area contributed by atoms with Gasteiger partial charge in [-0.2, -0.15) is 5.26 Å². The molecule has 2 fully saturated rings. The predicted octanol–water partition coefficient (Wildman–Crippen LogP) is 0.658. The maximum Gasteiger partial charge on any atom is 0.108 e. The van der Waals surface area contributed by atoms with Gasteiger partial charge in [0.05, 0.1) is 6.07 Å². The zero-order valence-corrected chi connectivity index (χ0v) is 10.9. The maximum absolute atomic E-state index is 9.08. The Hall–Kier alpha value is -0.630. The predicted molar refractivity (Wildman–Crippen MR) is 68.7 cm³/mol. The van der Waals surface area contributed by atoms with Crippen LogP contribution in [0.1, 0.15) is 26.2 Å². The summed E-state index contributed by atoms with van der Waals surface area (Å²) in [6.07, 6.45) is 3.89. The third-order valence-electron chi connectivity index (χ3n) is 3.71. The number of nitriles is 1. The zero-order valence-electron chi connectivity index (χ0n) is 10.9. The Bertz CT molecular complexity index is 261. The number of hydrogen-bond donors (Lipinski definition) is 1. The first-order valence-electron chi connectivity index (χ1n) is 6.93. The smallest absolute Gasteiger partial charge is 0.108 e. The second kappa shape index (κ2) is 6.34. The summed E-state index contributed by atoms with van der Waals surface area (Å²) in [7, 11) is 0. The Balaban J connectivity index is 1.67. The van der Waals surface area contributed by atoms with Gasteiger partial charge in [0.2, 0.25) is 0 Å². The van der Waals surface area contributed by atoms with E-state index in [0.717, 1.165) is 38.6 Å². The molecule has 1 saturated heterocycles. The molecular formula is C13H24N4. The normalized spacial score (nSPS) is 24.5. The molecule has 2 aliphatic rings. The third kappa shape index (κ3) is 3.95. The molecule has 96 valence electrons. The van der Waals surface area contributed by atoms with E-state index in [9.17, 15) is 0 Å². The minimum atomic E-state index is 0.00225. The highest BCUT2D eigenvalue weighted by Gasteiger charge is 2.31. The van der Waals surface area contributed by atoms with E-state index < -0.39 is 0 Å². The lowest BCUT2D eigenvalue weighted by atomic mass is 10.2. The lowest BCUT2D eigenvalue weighted by Gasteiger charge is -2.35. The van der Waals surface area contributed by atoms with E-state index in [0.29, 0.717) is 0 Å². The monoisotopic (exact) mass is 236 g/mol. The van der Waals surface area contributed by atoms with Crippen LogP contribution in [0.25, 0.3) is 0 Å². The SMILES string of the molecule is CCCNC(C#N)CN1CCN(C2CC2)CC1. The minimum Gasteiger partial charge on any atom is -0.301 e. The Morgan fingerprint density at radius 3 is 2.53 bits per heavy atom. The first-order chi connectivity index (χ1) is 8.33. The van der Waals surface area contributed by atoms with Crippen LogP contribution in [0.15, 0.2) is 0 Å². The van der Waals surface area contributed by atoms with E-state index in [-0.39, 0.29) is 6.04 Å². The Kier molecular flexibility index (Phi) is 4.78. The molecule has 1 unspecified atom stereocenters. The minimum absolute atomic E-state index is 0.00225. The fraction of sp³-hybridized carbons (Fsp3) is 0.923. The van der Waals surface area contributed by atoms with Crippen molar-refractivity contribution in [2.45, 2.75) is 38.3 Å². The van der Waals surface area contributed by atoms with Gasteiger partial charge in [-0.25, -0.2) is 0 Å². The van der Waals surface area contributed by atoms with Gasteiger partial charge < -0.3 is 5.32 Å². The van der Waals surface area contributed by atoms with Gasteiger partial charge in [-0.15, -0.1) is 0 Å². The first kappa shape index (κ1) is 12.8. The van der Waals surface area contributed by atoms with Crippen LogP contribution in [-0.2, 0) is 0 Å². The fourth-order valence-corrected chi connectivity index (χ4v) is 2.48. The molecule has 0 aromatic carbocycles. The zero-order chi connectivity index (χ0) is 12.1. The Morgan fingerprint density at radius 2 is 2.00 bits per heavy atom. The number of hydrogen-bond acceptors (Lipinski definition) is 4. The molecule has 0 aromatic rings. The summed E-state index contributed by atoms with van der Waals surface area (Å²) in [4.78, 5) is 5.03. The second-order valence-electron chi connectivity index (χ2n) is 5.20. The number of piperazine rings is 1. The highest BCUT2D eigenvalue weighted by molar-refractivity contribution is 4.94. The van der Waals surface area contributed by atoms with Gasteiger partial charge in [-0.05, 0) is 25.8 Å². The second-order valence-corrected chi connectivity index (χ2v) is 5.20. The summed E-state index contributed by atoms with van der Waals surface area (Å²) in [5.41, 5.74) is 0. The van der Waals surface area contributed by atoms with Crippen LogP contribution in [0, 0.1) is 11.3 Å². The van der Waals surface area contributed by atoms with Crippen molar-refractivity contribution in [3.05, 3.63) is 0 Å². The Labute approximate surface area is 105 Å². The summed E-state index contributed by atoms with van der Waals surface area (Å²) in [5, 5.41) is 12.4. The van der Waals surface area contributed by atoms with Gasteiger partial charge in [0, 0.05) is 38.8 Å².